The summed E-state index contributed by atoms with van der Waals surface area (Å²) in [7, 11) is 0. The van der Waals surface area contributed by atoms with E-state index < -0.39 is 0 Å². The minimum absolute atomic E-state index is 0.316. The maximum atomic E-state index is 11.3. The molecule has 0 aromatic heterocycles. The van der Waals surface area contributed by atoms with E-state index in [1.54, 1.807) is 0 Å². The molecule has 1 amide bonds. The summed E-state index contributed by atoms with van der Waals surface area (Å²) in [6, 6.07) is 3.89. The molecule has 82 valence electrons. The van der Waals surface area contributed by atoms with Crippen molar-refractivity contribution in [3.8, 4) is 0 Å². The minimum Gasteiger partial charge on any atom is -0.366 e. The summed E-state index contributed by atoms with van der Waals surface area (Å²) in [6.45, 7) is 6.33. The summed E-state index contributed by atoms with van der Waals surface area (Å²) in [5.41, 5.74) is 9.82. The van der Waals surface area contributed by atoms with E-state index in [0.717, 1.165) is 24.8 Å². The number of amides is 1. The molecule has 0 atom stereocenters. The van der Waals surface area contributed by atoms with Crippen molar-refractivity contribution in [1.82, 2.24) is 0 Å². The van der Waals surface area contributed by atoms with E-state index in [4.69, 9.17) is 5.73 Å². The summed E-state index contributed by atoms with van der Waals surface area (Å²) < 4.78 is 0. The molecule has 0 fully saturated rings. The zero-order valence-electron chi connectivity index (χ0n) is 9.76. The molecule has 2 heteroatoms. The van der Waals surface area contributed by atoms with Gasteiger partial charge in [-0.3, -0.25) is 4.79 Å². The Morgan fingerprint density at radius 3 is 2.07 bits per heavy atom. The van der Waals surface area contributed by atoms with Crippen molar-refractivity contribution in [2.75, 3.05) is 0 Å². The summed E-state index contributed by atoms with van der Waals surface area (Å²) in [6.07, 6.45) is 2.85. The van der Waals surface area contributed by atoms with Crippen molar-refractivity contribution >= 4 is 5.91 Å². The lowest BCUT2D eigenvalue weighted by molar-refractivity contribution is 0.0999. The van der Waals surface area contributed by atoms with E-state index in [0.29, 0.717) is 5.56 Å². The van der Waals surface area contributed by atoms with Crippen LogP contribution in [0, 0.1) is 0 Å². The van der Waals surface area contributed by atoms with Crippen LogP contribution < -0.4 is 5.73 Å². The van der Waals surface area contributed by atoms with Crippen LogP contribution in [0.15, 0.2) is 12.1 Å². The van der Waals surface area contributed by atoms with Crippen LogP contribution in [0.4, 0.5) is 0 Å². The minimum atomic E-state index is -0.316. The van der Waals surface area contributed by atoms with Gasteiger partial charge < -0.3 is 5.73 Å². The van der Waals surface area contributed by atoms with Crippen LogP contribution in [0.5, 0.6) is 0 Å². The molecule has 0 unspecified atom stereocenters. The van der Waals surface area contributed by atoms with Crippen molar-refractivity contribution in [3.63, 3.8) is 0 Å². The molecule has 1 rings (SSSR count). The van der Waals surface area contributed by atoms with Gasteiger partial charge >= 0.3 is 0 Å². The third kappa shape index (κ3) is 2.20. The number of hydrogen-bond donors (Lipinski definition) is 1. The van der Waals surface area contributed by atoms with Gasteiger partial charge in [0.05, 0.1) is 0 Å². The monoisotopic (exact) mass is 205 g/mol. The van der Waals surface area contributed by atoms with Crippen LogP contribution in [0.25, 0.3) is 0 Å². The predicted molar refractivity (Wildman–Crippen MR) is 63.1 cm³/mol. The zero-order chi connectivity index (χ0) is 11.4. The molecule has 1 aromatic rings. The molecule has 0 aliphatic rings. The van der Waals surface area contributed by atoms with Gasteiger partial charge in [0, 0.05) is 5.56 Å². The molecule has 2 nitrogen and oxygen atoms in total. The molecule has 0 radical (unpaired) electrons. The lowest BCUT2D eigenvalue weighted by atomic mass is 9.91. The van der Waals surface area contributed by atoms with Gasteiger partial charge in [-0.2, -0.15) is 0 Å². The van der Waals surface area contributed by atoms with Crippen molar-refractivity contribution in [2.24, 2.45) is 5.73 Å². The summed E-state index contributed by atoms with van der Waals surface area (Å²) in [5.74, 6) is -0.316. The summed E-state index contributed by atoms with van der Waals surface area (Å²) in [5, 5.41) is 0. The van der Waals surface area contributed by atoms with E-state index in [1.807, 2.05) is 12.1 Å². The second kappa shape index (κ2) is 4.96. The Morgan fingerprint density at radius 2 is 1.67 bits per heavy atom. The number of carbonyl (C=O) groups is 1. The number of benzene rings is 1. The van der Waals surface area contributed by atoms with Gasteiger partial charge in [-0.1, -0.05) is 26.8 Å². The fourth-order valence-electron chi connectivity index (χ4n) is 2.15. The number of rotatable bonds is 4. The third-order valence-electron chi connectivity index (χ3n) is 2.88. The first-order valence-electron chi connectivity index (χ1n) is 5.59. The largest absolute Gasteiger partial charge is 0.366 e. The number of hydrogen-bond acceptors (Lipinski definition) is 1. The highest BCUT2D eigenvalue weighted by atomic mass is 16.1. The number of primary amides is 1. The molecule has 15 heavy (non-hydrogen) atoms. The number of aryl methyl sites for hydroxylation is 1. The smallest absolute Gasteiger partial charge is 0.248 e. The van der Waals surface area contributed by atoms with Gasteiger partial charge in [0.2, 0.25) is 5.91 Å². The Labute approximate surface area is 91.5 Å². The SMILES string of the molecule is CCc1ccc(C(N)=O)c(CC)c1CC. The van der Waals surface area contributed by atoms with Crippen LogP contribution >= 0.6 is 0 Å². The quantitative estimate of drug-likeness (QED) is 0.806. The Bertz CT molecular complexity index is 369. The van der Waals surface area contributed by atoms with Crippen molar-refractivity contribution in [3.05, 3.63) is 34.4 Å². The second-order valence-electron chi connectivity index (χ2n) is 3.65. The molecule has 1 aromatic carbocycles. The summed E-state index contributed by atoms with van der Waals surface area (Å²) >= 11 is 0. The highest BCUT2D eigenvalue weighted by Crippen LogP contribution is 2.21. The van der Waals surface area contributed by atoms with Crippen LogP contribution in [0.3, 0.4) is 0 Å². The highest BCUT2D eigenvalue weighted by Gasteiger charge is 2.12. The maximum absolute atomic E-state index is 11.3. The average molecular weight is 205 g/mol. The molecule has 2 N–H and O–H groups in total. The second-order valence-corrected chi connectivity index (χ2v) is 3.65. The third-order valence-corrected chi connectivity index (χ3v) is 2.88. The molecular formula is C13H19NO. The first-order chi connectivity index (χ1) is 7.15. The number of nitrogens with two attached hydrogens (primary N) is 1. The molecular weight excluding hydrogens is 186 g/mol. The molecule has 0 aliphatic heterocycles. The van der Waals surface area contributed by atoms with Gasteiger partial charge in [0.25, 0.3) is 0 Å². The van der Waals surface area contributed by atoms with Gasteiger partial charge in [-0.25, -0.2) is 0 Å². The average Bonchev–Trinajstić information content (AvgIpc) is 2.26. The van der Waals surface area contributed by atoms with Crippen LogP contribution in [-0.2, 0) is 19.3 Å². The standard InChI is InChI=1S/C13H19NO/c1-4-9-7-8-12(13(14)15)11(6-3)10(9)5-2/h7-8H,4-6H2,1-3H3,(H2,14,15). The maximum Gasteiger partial charge on any atom is 0.248 e. The molecule has 0 saturated heterocycles. The van der Waals surface area contributed by atoms with E-state index in [9.17, 15) is 4.79 Å². The molecule has 0 bridgehead atoms. The van der Waals surface area contributed by atoms with Crippen LogP contribution in [0.1, 0.15) is 47.8 Å². The first kappa shape index (κ1) is 11.8. The lowest BCUT2D eigenvalue weighted by Crippen LogP contribution is -2.15. The predicted octanol–water partition coefficient (Wildman–Crippen LogP) is 2.47. The van der Waals surface area contributed by atoms with E-state index in [2.05, 4.69) is 20.8 Å². The van der Waals surface area contributed by atoms with E-state index in [-0.39, 0.29) is 5.91 Å². The molecule has 0 heterocycles. The van der Waals surface area contributed by atoms with E-state index in [1.165, 1.54) is 11.1 Å². The van der Waals surface area contributed by atoms with Crippen molar-refractivity contribution < 1.29 is 4.79 Å². The number of carbonyl (C=O) groups excluding carboxylic acids is 1. The summed E-state index contributed by atoms with van der Waals surface area (Å²) in [4.78, 5) is 11.3. The van der Waals surface area contributed by atoms with Crippen molar-refractivity contribution in [1.29, 1.82) is 0 Å². The Kier molecular flexibility index (Phi) is 3.89. The molecule has 0 spiro atoms. The fraction of sp³-hybridized carbons (Fsp3) is 0.462. The molecule has 0 aliphatic carbocycles. The van der Waals surface area contributed by atoms with Gasteiger partial charge in [-0.05, 0) is 42.0 Å². The lowest BCUT2D eigenvalue weighted by Gasteiger charge is -2.14. The van der Waals surface area contributed by atoms with Crippen LogP contribution in [-0.4, -0.2) is 5.91 Å². The first-order valence-corrected chi connectivity index (χ1v) is 5.59. The van der Waals surface area contributed by atoms with Gasteiger partial charge in [0.15, 0.2) is 0 Å². The Morgan fingerprint density at radius 1 is 1.07 bits per heavy atom. The highest BCUT2D eigenvalue weighted by molar-refractivity contribution is 5.94. The van der Waals surface area contributed by atoms with Crippen molar-refractivity contribution in [2.45, 2.75) is 40.0 Å². The Hall–Kier alpha value is -1.31. The van der Waals surface area contributed by atoms with Gasteiger partial charge in [0.1, 0.15) is 0 Å². The zero-order valence-corrected chi connectivity index (χ0v) is 9.76. The Balaban J connectivity index is 3.40. The topological polar surface area (TPSA) is 43.1 Å². The molecule has 0 saturated carbocycles. The fourth-order valence-corrected chi connectivity index (χ4v) is 2.15. The van der Waals surface area contributed by atoms with Gasteiger partial charge in [-0.15, -0.1) is 0 Å². The van der Waals surface area contributed by atoms with E-state index >= 15 is 0 Å². The normalized spacial score (nSPS) is 10.3. The van der Waals surface area contributed by atoms with Crippen LogP contribution in [0.2, 0.25) is 0 Å².